The fourth-order valence-corrected chi connectivity index (χ4v) is 2.86. The Morgan fingerprint density at radius 2 is 2.42 bits per heavy atom. The van der Waals surface area contributed by atoms with Gasteiger partial charge in [-0.2, -0.15) is 11.3 Å². The molecule has 1 unspecified atom stereocenters. The molecular weight excluding hydrogens is 260 g/mol. The van der Waals surface area contributed by atoms with Crippen molar-refractivity contribution in [3.63, 3.8) is 0 Å². The number of amides is 1. The summed E-state index contributed by atoms with van der Waals surface area (Å²) in [5.41, 5.74) is 1.18. The first kappa shape index (κ1) is 14.5. The summed E-state index contributed by atoms with van der Waals surface area (Å²) in [6, 6.07) is 2.07. The fraction of sp³-hybridized carbons (Fsp3) is 0.643. The maximum Gasteiger partial charge on any atom is 0.238 e. The van der Waals surface area contributed by atoms with E-state index < -0.39 is 0 Å². The van der Waals surface area contributed by atoms with E-state index in [2.05, 4.69) is 30.6 Å². The minimum atomic E-state index is 0.0452. The molecule has 19 heavy (non-hydrogen) atoms. The normalized spacial score (nSPS) is 19.6. The Balaban J connectivity index is 1.78. The highest BCUT2D eigenvalue weighted by Crippen LogP contribution is 2.24. The molecule has 1 saturated heterocycles. The third-order valence-electron chi connectivity index (χ3n) is 3.08. The minimum absolute atomic E-state index is 0.0452. The molecule has 0 bridgehead atoms. The van der Waals surface area contributed by atoms with Crippen LogP contribution in [0.2, 0.25) is 0 Å². The number of carbonyl (C=O) groups is 1. The molecule has 0 aliphatic carbocycles. The summed E-state index contributed by atoms with van der Waals surface area (Å²) in [4.78, 5) is 13.8. The predicted molar refractivity (Wildman–Crippen MR) is 77.0 cm³/mol. The Hall–Kier alpha value is -0.910. The van der Waals surface area contributed by atoms with Gasteiger partial charge in [0.05, 0.1) is 6.54 Å². The van der Waals surface area contributed by atoms with E-state index in [1.807, 2.05) is 10.3 Å². The lowest BCUT2D eigenvalue weighted by Gasteiger charge is -2.23. The van der Waals surface area contributed by atoms with Crippen molar-refractivity contribution in [3.8, 4) is 0 Å². The second kappa shape index (κ2) is 7.03. The van der Waals surface area contributed by atoms with Gasteiger partial charge < -0.3 is 9.64 Å². The lowest BCUT2D eigenvalue weighted by Crippen LogP contribution is -2.31. The van der Waals surface area contributed by atoms with Crippen LogP contribution >= 0.6 is 11.3 Å². The Morgan fingerprint density at radius 3 is 3.11 bits per heavy atom. The quantitative estimate of drug-likeness (QED) is 0.780. The molecule has 4 nitrogen and oxygen atoms in total. The fourth-order valence-electron chi connectivity index (χ4n) is 2.18. The summed E-state index contributed by atoms with van der Waals surface area (Å²) in [5, 5.41) is 7.40. The van der Waals surface area contributed by atoms with Crippen LogP contribution in [0.1, 0.15) is 32.0 Å². The van der Waals surface area contributed by atoms with E-state index >= 15 is 0 Å². The predicted octanol–water partition coefficient (Wildman–Crippen LogP) is 2.24. The van der Waals surface area contributed by atoms with Crippen LogP contribution in [0.15, 0.2) is 16.8 Å². The van der Waals surface area contributed by atoms with Crippen molar-refractivity contribution in [2.75, 3.05) is 26.3 Å². The van der Waals surface area contributed by atoms with E-state index in [0.29, 0.717) is 12.5 Å². The second-order valence-corrected chi connectivity index (χ2v) is 6.03. The third kappa shape index (κ3) is 4.03. The smallest absolute Gasteiger partial charge is 0.238 e. The molecule has 5 heteroatoms. The van der Waals surface area contributed by atoms with Gasteiger partial charge in [-0.15, -0.1) is 0 Å². The van der Waals surface area contributed by atoms with Gasteiger partial charge in [0, 0.05) is 19.8 Å². The largest absolute Gasteiger partial charge is 0.381 e. The number of nitrogens with one attached hydrogen (secondary N) is 1. The first-order valence-electron chi connectivity index (χ1n) is 6.81. The monoisotopic (exact) mass is 282 g/mol. The van der Waals surface area contributed by atoms with Gasteiger partial charge in [0.25, 0.3) is 0 Å². The molecule has 1 fully saturated rings. The molecule has 2 rings (SSSR count). The summed E-state index contributed by atoms with van der Waals surface area (Å²) < 4.78 is 5.56. The summed E-state index contributed by atoms with van der Waals surface area (Å²) >= 11 is 1.66. The zero-order chi connectivity index (χ0) is 13.7. The highest BCUT2D eigenvalue weighted by Gasteiger charge is 2.31. The first-order valence-corrected chi connectivity index (χ1v) is 7.75. The molecule has 2 heterocycles. The van der Waals surface area contributed by atoms with E-state index in [9.17, 15) is 4.79 Å². The summed E-state index contributed by atoms with van der Waals surface area (Å²) in [5.74, 6) is 0.744. The summed E-state index contributed by atoms with van der Waals surface area (Å²) in [6.45, 7) is 6.98. The van der Waals surface area contributed by atoms with Crippen LogP contribution in [0.25, 0.3) is 0 Å². The van der Waals surface area contributed by atoms with Gasteiger partial charge >= 0.3 is 0 Å². The van der Waals surface area contributed by atoms with Crippen LogP contribution in [-0.4, -0.2) is 37.1 Å². The lowest BCUT2D eigenvalue weighted by molar-refractivity contribution is -0.128. The van der Waals surface area contributed by atoms with Gasteiger partial charge in [0.15, 0.2) is 0 Å². The van der Waals surface area contributed by atoms with Crippen molar-refractivity contribution in [2.24, 2.45) is 5.92 Å². The minimum Gasteiger partial charge on any atom is -0.381 e. The highest BCUT2D eigenvalue weighted by atomic mass is 32.1. The average molecular weight is 282 g/mol. The van der Waals surface area contributed by atoms with Crippen LogP contribution in [0.5, 0.6) is 0 Å². The number of hydrogen-bond acceptors (Lipinski definition) is 4. The number of carbonyl (C=O) groups excluding carboxylic acids is 1. The van der Waals surface area contributed by atoms with Gasteiger partial charge in [-0.3, -0.25) is 10.1 Å². The van der Waals surface area contributed by atoms with Gasteiger partial charge in [0.2, 0.25) is 5.91 Å². The molecule has 1 N–H and O–H groups in total. The molecule has 106 valence electrons. The van der Waals surface area contributed by atoms with Gasteiger partial charge in [-0.1, -0.05) is 13.8 Å². The van der Waals surface area contributed by atoms with Crippen molar-refractivity contribution in [1.29, 1.82) is 0 Å². The van der Waals surface area contributed by atoms with Gasteiger partial charge in [-0.05, 0) is 34.7 Å². The van der Waals surface area contributed by atoms with E-state index in [-0.39, 0.29) is 12.1 Å². The zero-order valence-corrected chi connectivity index (χ0v) is 12.4. The van der Waals surface area contributed by atoms with E-state index in [1.54, 1.807) is 11.3 Å². The third-order valence-corrected chi connectivity index (χ3v) is 3.78. The van der Waals surface area contributed by atoms with Crippen LogP contribution < -0.4 is 5.32 Å². The Bertz CT molecular complexity index is 392. The molecule has 1 aliphatic rings. The molecule has 1 aromatic heterocycles. The number of rotatable bonds is 7. The molecule has 0 aromatic carbocycles. The summed E-state index contributed by atoms with van der Waals surface area (Å²) in [6.07, 6.45) is 0.935. The topological polar surface area (TPSA) is 41.6 Å². The SMILES string of the molecule is CC(C)COCCCN1C(=O)CNC1c1ccsc1. The molecule has 1 amide bonds. The van der Waals surface area contributed by atoms with Crippen LogP contribution in [0, 0.1) is 5.92 Å². The van der Waals surface area contributed by atoms with Gasteiger partial charge in [-0.25, -0.2) is 0 Å². The standard InChI is InChI=1S/C14H22N2O2S/c1-11(2)9-18-6-3-5-16-13(17)8-15-14(16)12-4-7-19-10-12/h4,7,10-11,14-15H,3,5-6,8-9H2,1-2H3. The lowest BCUT2D eigenvalue weighted by atomic mass is 10.2. The molecule has 1 aromatic rings. The van der Waals surface area contributed by atoms with E-state index in [1.165, 1.54) is 5.56 Å². The second-order valence-electron chi connectivity index (χ2n) is 5.25. The Morgan fingerprint density at radius 1 is 1.58 bits per heavy atom. The van der Waals surface area contributed by atoms with Crippen molar-refractivity contribution in [2.45, 2.75) is 26.4 Å². The molecule has 1 aliphatic heterocycles. The van der Waals surface area contributed by atoms with E-state index in [4.69, 9.17) is 4.74 Å². The molecule has 0 saturated carbocycles. The molecule has 1 atom stereocenters. The summed E-state index contributed by atoms with van der Waals surface area (Å²) in [7, 11) is 0. The van der Waals surface area contributed by atoms with Crippen molar-refractivity contribution < 1.29 is 9.53 Å². The maximum absolute atomic E-state index is 11.9. The van der Waals surface area contributed by atoms with E-state index in [0.717, 1.165) is 26.2 Å². The van der Waals surface area contributed by atoms with Crippen LogP contribution in [0.3, 0.4) is 0 Å². The maximum atomic E-state index is 11.9. The number of ether oxygens (including phenoxy) is 1. The van der Waals surface area contributed by atoms with Gasteiger partial charge in [0.1, 0.15) is 6.17 Å². The Kier molecular flexibility index (Phi) is 5.36. The Labute approximate surface area is 118 Å². The van der Waals surface area contributed by atoms with Crippen molar-refractivity contribution >= 4 is 17.2 Å². The van der Waals surface area contributed by atoms with Crippen LogP contribution in [-0.2, 0) is 9.53 Å². The highest BCUT2D eigenvalue weighted by molar-refractivity contribution is 7.07. The average Bonchev–Trinajstić information content (AvgIpc) is 2.98. The molecule has 0 radical (unpaired) electrons. The number of nitrogens with zero attached hydrogens (tertiary/aromatic N) is 1. The number of thiophene rings is 1. The molecular formula is C14H22N2O2S. The van der Waals surface area contributed by atoms with Crippen LogP contribution in [0.4, 0.5) is 0 Å². The zero-order valence-electron chi connectivity index (χ0n) is 11.6. The number of hydrogen-bond donors (Lipinski definition) is 1. The van der Waals surface area contributed by atoms with Crippen molar-refractivity contribution in [1.82, 2.24) is 10.2 Å². The molecule has 0 spiro atoms. The van der Waals surface area contributed by atoms with Crippen molar-refractivity contribution in [3.05, 3.63) is 22.4 Å². The first-order chi connectivity index (χ1) is 9.18.